The third-order valence-corrected chi connectivity index (χ3v) is 2.82. The first-order valence-corrected chi connectivity index (χ1v) is 5.97. The largest absolute Gasteiger partial charge is 0.573 e. The number of hydrogen-bond donors (Lipinski definition) is 1. The molecule has 0 bridgehead atoms. The number of hydrogen-bond acceptors (Lipinski definition) is 5. The van der Waals surface area contributed by atoms with Crippen LogP contribution in [0.1, 0.15) is 0 Å². The molecule has 2 N–H and O–H groups in total. The molecule has 0 unspecified atom stereocenters. The zero-order chi connectivity index (χ0) is 13.4. The second-order valence-corrected chi connectivity index (χ2v) is 5.18. The van der Waals surface area contributed by atoms with Gasteiger partial charge in [-0.2, -0.15) is 4.39 Å². The van der Waals surface area contributed by atoms with Gasteiger partial charge in [0.2, 0.25) is 5.75 Å². The highest BCUT2D eigenvalue weighted by Crippen LogP contribution is 2.35. The maximum atomic E-state index is 12.9. The maximum absolute atomic E-state index is 12.9. The molecule has 1 rings (SSSR count). The minimum Gasteiger partial charge on any atom is -0.399 e. The van der Waals surface area contributed by atoms with Crippen molar-refractivity contribution in [2.75, 3.05) is 5.73 Å². The molecular weight excluding hydrogens is 292 g/mol. The first-order chi connectivity index (χ1) is 7.52. The summed E-state index contributed by atoms with van der Waals surface area (Å²) < 4.78 is 73.5. The fourth-order valence-electron chi connectivity index (χ4n) is 0.874. The third-order valence-electron chi connectivity index (χ3n) is 1.47. The van der Waals surface area contributed by atoms with Gasteiger partial charge >= 0.3 is 6.36 Å². The normalized spacial score (nSPS) is 12.5. The van der Waals surface area contributed by atoms with Gasteiger partial charge in [0.1, 0.15) is 10.6 Å². The highest BCUT2D eigenvalue weighted by Gasteiger charge is 2.35. The number of rotatable bonds is 2. The molecule has 0 spiro atoms. The van der Waals surface area contributed by atoms with E-state index in [0.717, 1.165) is 0 Å². The number of nitrogens with zero attached hydrogens (tertiary/aromatic N) is 1. The van der Waals surface area contributed by atoms with Crippen LogP contribution in [0.15, 0.2) is 11.1 Å². The van der Waals surface area contributed by atoms with Crippen LogP contribution in [-0.2, 0) is 9.05 Å². The molecule has 0 aliphatic rings. The predicted molar refractivity (Wildman–Crippen MR) is 48.3 cm³/mol. The Kier molecular flexibility index (Phi) is 3.39. The molecule has 1 aromatic heterocycles. The van der Waals surface area contributed by atoms with Crippen molar-refractivity contribution >= 4 is 25.4 Å². The smallest absolute Gasteiger partial charge is 0.399 e. The van der Waals surface area contributed by atoms with Crippen LogP contribution >= 0.6 is 10.7 Å². The van der Waals surface area contributed by atoms with Gasteiger partial charge in [0.25, 0.3) is 15.0 Å². The fourth-order valence-corrected chi connectivity index (χ4v) is 1.78. The lowest BCUT2D eigenvalue weighted by Crippen LogP contribution is -2.20. The summed E-state index contributed by atoms with van der Waals surface area (Å²) >= 11 is 0. The molecule has 0 aromatic carbocycles. The molecule has 17 heavy (non-hydrogen) atoms. The van der Waals surface area contributed by atoms with Crippen molar-refractivity contribution in [3.63, 3.8) is 0 Å². The van der Waals surface area contributed by atoms with Crippen molar-refractivity contribution in [2.45, 2.75) is 11.3 Å². The molecule has 1 heterocycles. The lowest BCUT2D eigenvalue weighted by atomic mass is 10.4. The Bertz CT molecular complexity index is 545. The van der Waals surface area contributed by atoms with Crippen LogP contribution in [0.3, 0.4) is 0 Å². The van der Waals surface area contributed by atoms with Crippen LogP contribution in [0.4, 0.5) is 23.2 Å². The van der Waals surface area contributed by atoms with Gasteiger partial charge < -0.3 is 10.5 Å². The Morgan fingerprint density at radius 1 is 1.41 bits per heavy atom. The number of nitrogen functional groups attached to an aromatic ring is 1. The topological polar surface area (TPSA) is 82.3 Å². The van der Waals surface area contributed by atoms with Gasteiger partial charge in [0.15, 0.2) is 0 Å². The quantitative estimate of drug-likeness (QED) is 0.509. The van der Waals surface area contributed by atoms with E-state index in [-0.39, 0.29) is 0 Å². The highest BCUT2D eigenvalue weighted by molar-refractivity contribution is 8.13. The monoisotopic (exact) mass is 294 g/mol. The summed E-state index contributed by atoms with van der Waals surface area (Å²) in [5, 5.41) is 0. The second-order valence-electron chi connectivity index (χ2n) is 2.64. The molecule has 0 saturated heterocycles. The Hall–Kier alpha value is -1.29. The molecule has 0 saturated carbocycles. The van der Waals surface area contributed by atoms with Crippen molar-refractivity contribution in [2.24, 2.45) is 0 Å². The molecule has 0 aliphatic heterocycles. The van der Waals surface area contributed by atoms with Crippen molar-refractivity contribution < 1.29 is 30.7 Å². The fraction of sp³-hybridized carbons (Fsp3) is 0.167. The van der Waals surface area contributed by atoms with Gasteiger partial charge in [-0.05, 0) is 0 Å². The predicted octanol–water partition coefficient (Wildman–Crippen LogP) is 1.63. The van der Waals surface area contributed by atoms with Gasteiger partial charge in [-0.25, -0.2) is 13.4 Å². The molecule has 11 heteroatoms. The van der Waals surface area contributed by atoms with E-state index >= 15 is 0 Å². The molecule has 0 fully saturated rings. The van der Waals surface area contributed by atoms with Crippen LogP contribution in [0.25, 0.3) is 0 Å². The van der Waals surface area contributed by atoms with Gasteiger partial charge in [-0.15, -0.1) is 13.2 Å². The SMILES string of the molecule is Nc1c(S(=O)(=O)Cl)cnc(F)c1OC(F)(F)F. The molecule has 0 amide bonds. The lowest BCUT2D eigenvalue weighted by molar-refractivity contribution is -0.275. The van der Waals surface area contributed by atoms with Gasteiger partial charge in [0, 0.05) is 10.7 Å². The first kappa shape index (κ1) is 13.8. The molecule has 96 valence electrons. The van der Waals surface area contributed by atoms with Crippen LogP contribution in [0.2, 0.25) is 0 Å². The average molecular weight is 295 g/mol. The van der Waals surface area contributed by atoms with Crippen LogP contribution in [0.5, 0.6) is 5.75 Å². The Morgan fingerprint density at radius 3 is 2.35 bits per heavy atom. The maximum Gasteiger partial charge on any atom is 0.573 e. The number of alkyl halides is 3. The van der Waals surface area contributed by atoms with Crippen molar-refractivity contribution in [1.29, 1.82) is 0 Å². The second kappa shape index (κ2) is 4.18. The van der Waals surface area contributed by atoms with E-state index in [9.17, 15) is 26.0 Å². The van der Waals surface area contributed by atoms with Crippen LogP contribution in [-0.4, -0.2) is 19.8 Å². The molecule has 1 aromatic rings. The Morgan fingerprint density at radius 2 is 1.94 bits per heavy atom. The van der Waals surface area contributed by atoms with E-state index in [4.69, 9.17) is 16.4 Å². The summed E-state index contributed by atoms with van der Waals surface area (Å²) in [5.74, 6) is -3.25. The molecular formula is C6H3ClF4N2O3S. The van der Waals surface area contributed by atoms with Crippen LogP contribution in [0, 0.1) is 5.95 Å². The lowest BCUT2D eigenvalue weighted by Gasteiger charge is -2.12. The summed E-state index contributed by atoms with van der Waals surface area (Å²) in [5.41, 5.74) is 3.90. The zero-order valence-electron chi connectivity index (χ0n) is 7.62. The third kappa shape index (κ3) is 3.33. The van der Waals surface area contributed by atoms with Crippen molar-refractivity contribution in [1.82, 2.24) is 4.98 Å². The van der Waals surface area contributed by atoms with Crippen molar-refractivity contribution in [3.05, 3.63) is 12.1 Å². The van der Waals surface area contributed by atoms with Gasteiger partial charge in [-0.3, -0.25) is 0 Å². The molecule has 0 atom stereocenters. The number of ether oxygens (including phenoxy) is 1. The number of pyridine rings is 1. The molecule has 0 radical (unpaired) electrons. The molecule has 0 aliphatic carbocycles. The number of aromatic nitrogens is 1. The summed E-state index contributed by atoms with van der Waals surface area (Å²) in [6.07, 6.45) is -4.86. The zero-order valence-corrected chi connectivity index (χ0v) is 9.20. The number of halogens is 5. The Labute approximate surface area is 96.6 Å². The Balaban J connectivity index is 3.41. The number of nitrogens with two attached hydrogens (primary N) is 1. The van der Waals surface area contributed by atoms with E-state index in [2.05, 4.69) is 9.72 Å². The standard InChI is InChI=1S/C6H3ClF4N2O3S/c7-17(14,15)2-1-13-5(8)4(3(2)12)16-6(9,10)11/h1H,(H2,12,13). The summed E-state index contributed by atoms with van der Waals surface area (Å²) in [6.45, 7) is 0. The summed E-state index contributed by atoms with van der Waals surface area (Å²) in [4.78, 5) is 1.78. The van der Waals surface area contributed by atoms with E-state index in [0.29, 0.717) is 6.20 Å². The minimum atomic E-state index is -5.24. The average Bonchev–Trinajstić information content (AvgIpc) is 2.08. The molecule has 5 nitrogen and oxygen atoms in total. The summed E-state index contributed by atoms with van der Waals surface area (Å²) in [7, 11) is 0.395. The van der Waals surface area contributed by atoms with E-state index in [1.165, 1.54) is 0 Å². The minimum absolute atomic E-state index is 0.385. The first-order valence-electron chi connectivity index (χ1n) is 3.67. The summed E-state index contributed by atoms with van der Waals surface area (Å²) in [6, 6.07) is 0. The van der Waals surface area contributed by atoms with E-state index in [1.807, 2.05) is 0 Å². The van der Waals surface area contributed by atoms with Crippen molar-refractivity contribution in [3.8, 4) is 5.75 Å². The van der Waals surface area contributed by atoms with E-state index in [1.54, 1.807) is 0 Å². The number of anilines is 1. The van der Waals surface area contributed by atoms with Gasteiger partial charge in [-0.1, -0.05) is 0 Å². The highest BCUT2D eigenvalue weighted by atomic mass is 35.7. The van der Waals surface area contributed by atoms with E-state index < -0.39 is 37.7 Å². The van der Waals surface area contributed by atoms with Gasteiger partial charge in [0.05, 0.1) is 6.20 Å². The van der Waals surface area contributed by atoms with Crippen LogP contribution < -0.4 is 10.5 Å².